The summed E-state index contributed by atoms with van der Waals surface area (Å²) in [6.45, 7) is 5.58. The molecular formula is C15H22N2O3S. The zero-order valence-corrected chi connectivity index (χ0v) is 13.3. The van der Waals surface area contributed by atoms with Gasteiger partial charge in [0.2, 0.25) is 10.0 Å². The molecule has 1 heterocycles. The second-order valence-corrected chi connectivity index (χ2v) is 7.41. The van der Waals surface area contributed by atoms with Crippen LogP contribution in [0.15, 0.2) is 29.2 Å². The predicted molar refractivity (Wildman–Crippen MR) is 81.6 cm³/mol. The summed E-state index contributed by atoms with van der Waals surface area (Å²) in [5, 5.41) is 2.68. The SMILES string of the molecule is CCNC(=O)c1cccc(S(=O)(=O)N2CCC(C)CC2)c1. The highest BCUT2D eigenvalue weighted by molar-refractivity contribution is 7.89. The molecule has 0 aromatic heterocycles. The summed E-state index contributed by atoms with van der Waals surface area (Å²) < 4.78 is 26.8. The van der Waals surface area contributed by atoms with Crippen molar-refractivity contribution in [3.63, 3.8) is 0 Å². The molecule has 1 N–H and O–H groups in total. The molecule has 1 aromatic carbocycles. The molecule has 0 atom stereocenters. The molecular weight excluding hydrogens is 288 g/mol. The van der Waals surface area contributed by atoms with Gasteiger partial charge in [0.15, 0.2) is 0 Å². The smallest absolute Gasteiger partial charge is 0.251 e. The van der Waals surface area contributed by atoms with Gasteiger partial charge in [-0.1, -0.05) is 13.0 Å². The maximum absolute atomic E-state index is 12.6. The molecule has 116 valence electrons. The quantitative estimate of drug-likeness (QED) is 0.923. The largest absolute Gasteiger partial charge is 0.352 e. The highest BCUT2D eigenvalue weighted by Gasteiger charge is 2.28. The Labute approximate surface area is 126 Å². The molecule has 0 spiro atoms. The predicted octanol–water partition coefficient (Wildman–Crippen LogP) is 1.86. The first kappa shape index (κ1) is 16.0. The van der Waals surface area contributed by atoms with Gasteiger partial charge in [-0.2, -0.15) is 4.31 Å². The lowest BCUT2D eigenvalue weighted by Crippen LogP contribution is -2.38. The maximum atomic E-state index is 12.6. The van der Waals surface area contributed by atoms with E-state index in [0.717, 1.165) is 12.8 Å². The number of piperidine rings is 1. The van der Waals surface area contributed by atoms with E-state index in [0.29, 0.717) is 31.1 Å². The summed E-state index contributed by atoms with van der Waals surface area (Å²) in [6, 6.07) is 6.25. The average molecular weight is 310 g/mol. The van der Waals surface area contributed by atoms with Gasteiger partial charge in [0.05, 0.1) is 4.90 Å². The van der Waals surface area contributed by atoms with Crippen molar-refractivity contribution in [2.45, 2.75) is 31.6 Å². The molecule has 0 unspecified atom stereocenters. The molecule has 0 saturated carbocycles. The van der Waals surface area contributed by atoms with E-state index in [1.165, 1.54) is 10.4 Å². The fourth-order valence-electron chi connectivity index (χ4n) is 2.43. The summed E-state index contributed by atoms with van der Waals surface area (Å²) in [7, 11) is -3.50. The summed E-state index contributed by atoms with van der Waals surface area (Å²) in [5.41, 5.74) is 0.378. The van der Waals surface area contributed by atoms with Crippen molar-refractivity contribution in [1.29, 1.82) is 0 Å². The second-order valence-electron chi connectivity index (χ2n) is 5.47. The van der Waals surface area contributed by atoms with Crippen LogP contribution in [0.1, 0.15) is 37.0 Å². The summed E-state index contributed by atoms with van der Waals surface area (Å²) in [6.07, 6.45) is 1.77. The Hall–Kier alpha value is -1.40. The third kappa shape index (κ3) is 3.63. The Kier molecular flexibility index (Phi) is 5.00. The number of carbonyl (C=O) groups is 1. The van der Waals surface area contributed by atoms with Crippen LogP contribution >= 0.6 is 0 Å². The number of hydrogen-bond acceptors (Lipinski definition) is 3. The molecule has 1 saturated heterocycles. The molecule has 21 heavy (non-hydrogen) atoms. The number of carbonyl (C=O) groups excluding carboxylic acids is 1. The minimum Gasteiger partial charge on any atom is -0.352 e. The summed E-state index contributed by atoms with van der Waals surface area (Å²) >= 11 is 0. The summed E-state index contributed by atoms with van der Waals surface area (Å²) in [4.78, 5) is 12.0. The van der Waals surface area contributed by atoms with Gasteiger partial charge < -0.3 is 5.32 Å². The van der Waals surface area contributed by atoms with E-state index >= 15 is 0 Å². The Morgan fingerprint density at radius 1 is 1.33 bits per heavy atom. The van der Waals surface area contributed by atoms with Crippen molar-refractivity contribution in [1.82, 2.24) is 9.62 Å². The molecule has 1 aromatic rings. The van der Waals surface area contributed by atoms with Gasteiger partial charge in [-0.25, -0.2) is 8.42 Å². The maximum Gasteiger partial charge on any atom is 0.251 e. The minimum atomic E-state index is -3.50. The molecule has 6 heteroatoms. The number of benzene rings is 1. The minimum absolute atomic E-state index is 0.195. The van der Waals surface area contributed by atoms with Crippen LogP contribution in [0.25, 0.3) is 0 Å². The topological polar surface area (TPSA) is 66.5 Å². The first-order valence-corrected chi connectivity index (χ1v) is 8.77. The van der Waals surface area contributed by atoms with Crippen LogP contribution in [-0.4, -0.2) is 38.3 Å². The number of rotatable bonds is 4. The van der Waals surface area contributed by atoms with Gasteiger partial charge in [-0.05, 0) is 43.9 Å². The number of amides is 1. The number of hydrogen-bond donors (Lipinski definition) is 1. The fourth-order valence-corrected chi connectivity index (χ4v) is 3.95. The van der Waals surface area contributed by atoms with E-state index in [4.69, 9.17) is 0 Å². The molecule has 0 radical (unpaired) electrons. The number of nitrogens with zero attached hydrogens (tertiary/aromatic N) is 1. The normalized spacial score (nSPS) is 17.6. The zero-order valence-electron chi connectivity index (χ0n) is 12.5. The van der Waals surface area contributed by atoms with Crippen molar-refractivity contribution in [3.05, 3.63) is 29.8 Å². The van der Waals surface area contributed by atoms with Crippen LogP contribution in [0, 0.1) is 5.92 Å². The Morgan fingerprint density at radius 2 is 2.00 bits per heavy atom. The van der Waals surface area contributed by atoms with E-state index in [9.17, 15) is 13.2 Å². The average Bonchev–Trinajstić information content (AvgIpc) is 2.48. The van der Waals surface area contributed by atoms with Crippen molar-refractivity contribution < 1.29 is 13.2 Å². The van der Waals surface area contributed by atoms with Crippen LogP contribution in [0.2, 0.25) is 0 Å². The van der Waals surface area contributed by atoms with Crippen molar-refractivity contribution in [2.75, 3.05) is 19.6 Å². The van der Waals surface area contributed by atoms with Crippen molar-refractivity contribution >= 4 is 15.9 Å². The molecule has 1 aliphatic rings. The Balaban J connectivity index is 2.24. The standard InChI is InChI=1S/C15H22N2O3S/c1-3-16-15(18)13-5-4-6-14(11-13)21(19,20)17-9-7-12(2)8-10-17/h4-6,11-12H,3,7-10H2,1-2H3,(H,16,18). The second kappa shape index (κ2) is 6.58. The van der Waals surface area contributed by atoms with E-state index in [1.807, 2.05) is 6.92 Å². The molecule has 0 aliphatic carbocycles. The fraction of sp³-hybridized carbons (Fsp3) is 0.533. The van der Waals surface area contributed by atoms with Gasteiger partial charge in [0, 0.05) is 25.2 Å². The number of nitrogens with one attached hydrogen (secondary N) is 1. The zero-order chi connectivity index (χ0) is 15.5. The lowest BCUT2D eigenvalue weighted by Gasteiger charge is -2.29. The molecule has 5 nitrogen and oxygen atoms in total. The Morgan fingerprint density at radius 3 is 2.62 bits per heavy atom. The van der Waals surface area contributed by atoms with Crippen LogP contribution < -0.4 is 5.32 Å². The Bertz CT molecular complexity index is 605. The monoisotopic (exact) mass is 310 g/mol. The van der Waals surface area contributed by atoms with Crippen molar-refractivity contribution in [2.24, 2.45) is 5.92 Å². The van der Waals surface area contributed by atoms with Gasteiger partial charge >= 0.3 is 0 Å². The van der Waals surface area contributed by atoms with Crippen LogP contribution in [0.3, 0.4) is 0 Å². The van der Waals surface area contributed by atoms with Gasteiger partial charge in [-0.3, -0.25) is 4.79 Å². The van der Waals surface area contributed by atoms with Gasteiger partial charge in [0.25, 0.3) is 5.91 Å². The molecule has 1 amide bonds. The van der Waals surface area contributed by atoms with Gasteiger partial charge in [0.1, 0.15) is 0 Å². The highest BCUT2D eigenvalue weighted by atomic mass is 32.2. The van der Waals surface area contributed by atoms with Gasteiger partial charge in [-0.15, -0.1) is 0 Å². The molecule has 0 bridgehead atoms. The van der Waals surface area contributed by atoms with E-state index < -0.39 is 10.0 Å². The van der Waals surface area contributed by atoms with Crippen LogP contribution in [0.4, 0.5) is 0 Å². The first-order valence-electron chi connectivity index (χ1n) is 7.33. The first-order chi connectivity index (χ1) is 9.95. The highest BCUT2D eigenvalue weighted by Crippen LogP contribution is 2.23. The molecule has 1 aliphatic heterocycles. The van der Waals surface area contributed by atoms with E-state index in [2.05, 4.69) is 12.2 Å². The third-order valence-corrected chi connectivity index (χ3v) is 5.71. The molecule has 1 fully saturated rings. The van der Waals surface area contributed by atoms with Crippen molar-refractivity contribution in [3.8, 4) is 0 Å². The van der Waals surface area contributed by atoms with E-state index in [1.54, 1.807) is 18.2 Å². The molecule has 2 rings (SSSR count). The summed E-state index contributed by atoms with van der Waals surface area (Å²) in [5.74, 6) is 0.319. The van der Waals surface area contributed by atoms with E-state index in [-0.39, 0.29) is 10.8 Å². The van der Waals surface area contributed by atoms with Crippen LogP contribution in [-0.2, 0) is 10.0 Å². The lowest BCUT2D eigenvalue weighted by atomic mass is 10.0. The number of sulfonamides is 1. The third-order valence-electron chi connectivity index (χ3n) is 3.81. The lowest BCUT2D eigenvalue weighted by molar-refractivity contribution is 0.0955. The van der Waals surface area contributed by atoms with Crippen LogP contribution in [0.5, 0.6) is 0 Å².